The fraction of sp³-hybridized carbons (Fsp3) is 0.538. The molecule has 2 rings (SSSR count). The third-order valence-electron chi connectivity index (χ3n) is 2.95. The molecule has 1 aliphatic rings. The average molecular weight is 447 g/mol. The van der Waals surface area contributed by atoms with E-state index in [1.807, 2.05) is 0 Å². The summed E-state index contributed by atoms with van der Waals surface area (Å²) in [7, 11) is -3.62. The van der Waals surface area contributed by atoms with Crippen LogP contribution in [0.3, 0.4) is 0 Å². The quantitative estimate of drug-likeness (QED) is 0.312. The SMILES string of the molecule is CC(F)(F)Oc1ccc(S(=O)(=O)NCC2CCNC[I-]2)cc1. The number of benzene rings is 1. The molecule has 0 saturated carbocycles. The van der Waals surface area contributed by atoms with Gasteiger partial charge >= 0.3 is 139 Å². The summed E-state index contributed by atoms with van der Waals surface area (Å²) in [5.41, 5.74) is 0. The fourth-order valence-corrected chi connectivity index (χ4v) is 5.88. The Kier molecular flexibility index (Phi) is 5.97. The molecule has 1 atom stereocenters. The predicted molar refractivity (Wildman–Crippen MR) is 74.2 cm³/mol. The summed E-state index contributed by atoms with van der Waals surface area (Å²) >= 11 is -0.0388. The summed E-state index contributed by atoms with van der Waals surface area (Å²) in [6.45, 7) is 1.98. The molecule has 0 radical (unpaired) electrons. The first-order valence-electron chi connectivity index (χ1n) is 6.71. The van der Waals surface area contributed by atoms with Crippen LogP contribution in [0.4, 0.5) is 8.78 Å². The summed E-state index contributed by atoms with van der Waals surface area (Å²) in [5, 5.41) is 3.26. The molecular weight excluding hydrogens is 429 g/mol. The molecule has 0 amide bonds. The van der Waals surface area contributed by atoms with Gasteiger partial charge in [0.15, 0.2) is 0 Å². The second-order valence-corrected chi connectivity index (χ2v) is 10.1. The van der Waals surface area contributed by atoms with Crippen molar-refractivity contribution in [1.29, 1.82) is 0 Å². The van der Waals surface area contributed by atoms with E-state index >= 15 is 0 Å². The second-order valence-electron chi connectivity index (χ2n) is 4.91. The van der Waals surface area contributed by atoms with Gasteiger partial charge in [-0.15, -0.1) is 0 Å². The Morgan fingerprint density at radius 1 is 1.41 bits per heavy atom. The molecular formula is C13H18F2IN2O3S-. The van der Waals surface area contributed by atoms with E-state index in [9.17, 15) is 17.2 Å². The van der Waals surface area contributed by atoms with Gasteiger partial charge in [-0.3, -0.25) is 0 Å². The molecule has 1 aliphatic heterocycles. The minimum absolute atomic E-state index is 0.0388. The van der Waals surface area contributed by atoms with Crippen LogP contribution in [0, 0.1) is 0 Å². The van der Waals surface area contributed by atoms with E-state index in [4.69, 9.17) is 0 Å². The van der Waals surface area contributed by atoms with E-state index in [-0.39, 0.29) is 31.9 Å². The summed E-state index contributed by atoms with van der Waals surface area (Å²) in [6, 6.07) is 4.98. The van der Waals surface area contributed by atoms with E-state index < -0.39 is 16.1 Å². The normalized spacial score (nSPS) is 20.2. The van der Waals surface area contributed by atoms with Crippen molar-refractivity contribution < 1.29 is 43.1 Å². The number of nitrogens with one attached hydrogen (secondary N) is 2. The number of hydrogen-bond acceptors (Lipinski definition) is 4. The van der Waals surface area contributed by atoms with Crippen LogP contribution in [0.5, 0.6) is 5.75 Å². The Morgan fingerprint density at radius 3 is 2.64 bits per heavy atom. The van der Waals surface area contributed by atoms with Crippen molar-refractivity contribution in [1.82, 2.24) is 10.0 Å². The molecule has 1 heterocycles. The fourth-order valence-electron chi connectivity index (χ4n) is 1.90. The van der Waals surface area contributed by atoms with Crippen LogP contribution in [-0.2, 0) is 10.0 Å². The molecule has 0 bridgehead atoms. The molecule has 1 aromatic rings. The van der Waals surface area contributed by atoms with Gasteiger partial charge in [-0.1, -0.05) is 0 Å². The molecule has 1 aromatic carbocycles. The Hall–Kier alpha value is -0.520. The van der Waals surface area contributed by atoms with Gasteiger partial charge in [0.25, 0.3) is 0 Å². The first kappa shape index (κ1) is 17.8. The first-order chi connectivity index (χ1) is 10.3. The number of sulfonamides is 1. The van der Waals surface area contributed by atoms with Gasteiger partial charge in [-0.05, 0) is 0 Å². The molecule has 22 heavy (non-hydrogen) atoms. The molecule has 9 heteroatoms. The van der Waals surface area contributed by atoms with E-state index in [1.54, 1.807) is 0 Å². The van der Waals surface area contributed by atoms with Crippen molar-refractivity contribution >= 4 is 10.0 Å². The Labute approximate surface area is 139 Å². The van der Waals surface area contributed by atoms with Crippen molar-refractivity contribution in [2.24, 2.45) is 0 Å². The maximum atomic E-state index is 12.7. The van der Waals surface area contributed by atoms with Crippen LogP contribution in [0.1, 0.15) is 13.3 Å². The van der Waals surface area contributed by atoms with Gasteiger partial charge in [-0.2, -0.15) is 0 Å². The van der Waals surface area contributed by atoms with Crippen molar-refractivity contribution in [2.45, 2.75) is 28.3 Å². The van der Waals surface area contributed by atoms with Gasteiger partial charge in [0.2, 0.25) is 0 Å². The summed E-state index contributed by atoms with van der Waals surface area (Å²) in [4.78, 5) is 0.0476. The van der Waals surface area contributed by atoms with Gasteiger partial charge in [0.1, 0.15) is 0 Å². The van der Waals surface area contributed by atoms with Crippen LogP contribution >= 0.6 is 0 Å². The molecule has 5 nitrogen and oxygen atoms in total. The first-order valence-corrected chi connectivity index (χ1v) is 11.0. The van der Waals surface area contributed by atoms with Gasteiger partial charge < -0.3 is 0 Å². The number of alkyl halides is 4. The second kappa shape index (κ2) is 7.37. The van der Waals surface area contributed by atoms with Crippen molar-refractivity contribution in [3.63, 3.8) is 0 Å². The minimum atomic E-state index is -3.62. The number of halogens is 3. The van der Waals surface area contributed by atoms with Gasteiger partial charge in [0.05, 0.1) is 0 Å². The van der Waals surface area contributed by atoms with E-state index in [1.165, 1.54) is 24.3 Å². The van der Waals surface area contributed by atoms with Crippen LogP contribution in [0.25, 0.3) is 0 Å². The molecule has 0 aliphatic carbocycles. The number of hydrogen-bond donors (Lipinski definition) is 2. The standard InChI is InChI=1S/C13H18F2IN2O3S/c1-13(14,15)21-11-2-4-12(5-3-11)22(19,20)18-8-10-6-7-17-9-16-10/h2-5,10,17-18H,6-9H2,1H3/q-1. The average Bonchev–Trinajstić information content (AvgIpc) is 2.45. The van der Waals surface area contributed by atoms with Crippen LogP contribution in [0.15, 0.2) is 29.2 Å². The van der Waals surface area contributed by atoms with E-state index in [0.717, 1.165) is 17.5 Å². The molecule has 1 unspecified atom stereocenters. The number of rotatable bonds is 6. The molecule has 0 aromatic heterocycles. The van der Waals surface area contributed by atoms with E-state index in [0.29, 0.717) is 17.4 Å². The van der Waals surface area contributed by atoms with E-state index in [2.05, 4.69) is 14.8 Å². The molecule has 1 fully saturated rings. The summed E-state index contributed by atoms with van der Waals surface area (Å²) in [6.07, 6.45) is -2.31. The number of ether oxygens (including phenoxy) is 1. The Morgan fingerprint density at radius 2 is 2.09 bits per heavy atom. The Balaban J connectivity index is 1.96. The van der Waals surface area contributed by atoms with Gasteiger partial charge in [-0.25, -0.2) is 0 Å². The topological polar surface area (TPSA) is 67.4 Å². The monoisotopic (exact) mass is 447 g/mol. The maximum absolute atomic E-state index is 12.7. The van der Waals surface area contributed by atoms with Crippen LogP contribution < -0.4 is 36.0 Å². The van der Waals surface area contributed by atoms with Gasteiger partial charge in [0, 0.05) is 0 Å². The summed E-state index contributed by atoms with van der Waals surface area (Å²) < 4.78 is 58.2. The zero-order chi connectivity index (χ0) is 16.2. The van der Waals surface area contributed by atoms with Crippen LogP contribution in [0.2, 0.25) is 0 Å². The zero-order valence-electron chi connectivity index (χ0n) is 12.0. The molecule has 126 valence electrons. The zero-order valence-corrected chi connectivity index (χ0v) is 15.0. The molecule has 0 spiro atoms. The molecule has 2 N–H and O–H groups in total. The van der Waals surface area contributed by atoms with Crippen molar-refractivity contribution in [3.05, 3.63) is 24.3 Å². The third kappa shape index (κ3) is 5.60. The molecule has 1 saturated heterocycles. The van der Waals surface area contributed by atoms with Crippen molar-refractivity contribution in [3.8, 4) is 5.75 Å². The predicted octanol–water partition coefficient (Wildman–Crippen LogP) is -1.64. The van der Waals surface area contributed by atoms with Crippen LogP contribution in [-0.4, -0.2) is 36.1 Å². The summed E-state index contributed by atoms with van der Waals surface area (Å²) in [5.74, 6) is -0.0735. The van der Waals surface area contributed by atoms with Crippen molar-refractivity contribution in [2.75, 3.05) is 17.6 Å². The Bertz CT molecular complexity index is 584. The third-order valence-corrected chi connectivity index (χ3v) is 7.68.